The van der Waals surface area contributed by atoms with Crippen molar-refractivity contribution in [3.63, 3.8) is 0 Å². The van der Waals surface area contributed by atoms with Gasteiger partial charge in [-0.05, 0) is 26.0 Å². The lowest BCUT2D eigenvalue weighted by Gasteiger charge is -2.34. The Bertz CT molecular complexity index is 368. The predicted octanol–water partition coefficient (Wildman–Crippen LogP) is 1.97. The number of aromatic nitrogens is 2. The van der Waals surface area contributed by atoms with Gasteiger partial charge in [0.05, 0.1) is 6.54 Å². The average molecular weight is 269 g/mol. The van der Waals surface area contributed by atoms with Crippen molar-refractivity contribution in [2.75, 3.05) is 32.7 Å². The minimum absolute atomic E-state index is 0.544. The van der Waals surface area contributed by atoms with Gasteiger partial charge in [-0.1, -0.05) is 18.5 Å². The van der Waals surface area contributed by atoms with Gasteiger partial charge < -0.3 is 4.90 Å². The minimum Gasteiger partial charge on any atom is -0.301 e. The number of nitrogens with zero attached hydrogens (tertiary/aromatic N) is 4. The lowest BCUT2D eigenvalue weighted by molar-refractivity contribution is 0.125. The van der Waals surface area contributed by atoms with Crippen LogP contribution in [0.2, 0.25) is 5.15 Å². The number of rotatable bonds is 4. The molecule has 1 aliphatic rings. The molecule has 0 spiro atoms. The van der Waals surface area contributed by atoms with E-state index in [1.807, 2.05) is 6.92 Å². The van der Waals surface area contributed by atoms with E-state index in [9.17, 15) is 0 Å². The Balaban J connectivity index is 1.87. The number of aryl methyl sites for hydroxylation is 1. The van der Waals surface area contributed by atoms with E-state index in [0.29, 0.717) is 5.15 Å². The van der Waals surface area contributed by atoms with E-state index in [4.69, 9.17) is 11.6 Å². The minimum atomic E-state index is 0.544. The molecule has 2 heterocycles. The molecule has 0 bridgehead atoms. The summed E-state index contributed by atoms with van der Waals surface area (Å²) in [4.78, 5) is 13.6. The second-order valence-corrected chi connectivity index (χ2v) is 5.25. The molecule has 1 saturated heterocycles. The van der Waals surface area contributed by atoms with E-state index in [1.165, 1.54) is 13.0 Å². The summed E-state index contributed by atoms with van der Waals surface area (Å²) in [6.45, 7) is 10.7. The van der Waals surface area contributed by atoms with Crippen molar-refractivity contribution in [3.8, 4) is 0 Å². The van der Waals surface area contributed by atoms with Gasteiger partial charge in [-0.2, -0.15) is 0 Å². The van der Waals surface area contributed by atoms with Crippen LogP contribution in [0.1, 0.15) is 24.9 Å². The lowest BCUT2D eigenvalue weighted by Crippen LogP contribution is -2.46. The van der Waals surface area contributed by atoms with Gasteiger partial charge in [0.15, 0.2) is 0 Å². The lowest BCUT2D eigenvalue weighted by atomic mass is 10.3. The van der Waals surface area contributed by atoms with Crippen LogP contribution in [-0.4, -0.2) is 52.5 Å². The van der Waals surface area contributed by atoms with Crippen LogP contribution in [0.25, 0.3) is 0 Å². The molecule has 0 radical (unpaired) electrons. The Labute approximate surface area is 114 Å². The van der Waals surface area contributed by atoms with Crippen molar-refractivity contribution >= 4 is 11.6 Å². The van der Waals surface area contributed by atoms with Gasteiger partial charge in [-0.15, -0.1) is 0 Å². The summed E-state index contributed by atoms with van der Waals surface area (Å²) < 4.78 is 0. The standard InChI is InChI=1S/C13H21ClN4/c1-3-4-17-5-7-18(8-6-17)10-13-15-11(2)9-12(14)16-13/h9H,3-8,10H2,1-2H3. The Morgan fingerprint density at radius 3 is 2.44 bits per heavy atom. The molecule has 1 aromatic rings. The van der Waals surface area contributed by atoms with Crippen molar-refractivity contribution in [2.24, 2.45) is 0 Å². The summed E-state index contributed by atoms with van der Waals surface area (Å²) in [5.74, 6) is 0.837. The summed E-state index contributed by atoms with van der Waals surface area (Å²) in [7, 11) is 0. The van der Waals surface area contributed by atoms with Gasteiger partial charge in [-0.25, -0.2) is 9.97 Å². The van der Waals surface area contributed by atoms with E-state index in [2.05, 4.69) is 26.7 Å². The van der Waals surface area contributed by atoms with Crippen molar-refractivity contribution in [1.29, 1.82) is 0 Å². The first-order valence-corrected chi connectivity index (χ1v) is 7.00. The van der Waals surface area contributed by atoms with Crippen LogP contribution in [-0.2, 0) is 6.54 Å². The summed E-state index contributed by atoms with van der Waals surface area (Å²) in [5.41, 5.74) is 0.939. The Kier molecular flexibility index (Phi) is 4.92. The first kappa shape index (κ1) is 13.7. The Morgan fingerprint density at radius 1 is 1.17 bits per heavy atom. The van der Waals surface area contributed by atoms with Crippen LogP contribution in [0.15, 0.2) is 6.07 Å². The average Bonchev–Trinajstić information content (AvgIpc) is 2.31. The highest BCUT2D eigenvalue weighted by atomic mass is 35.5. The van der Waals surface area contributed by atoms with E-state index in [1.54, 1.807) is 6.07 Å². The molecule has 100 valence electrons. The molecule has 0 saturated carbocycles. The normalized spacial score (nSPS) is 18.2. The summed E-state index contributed by atoms with van der Waals surface area (Å²) >= 11 is 5.95. The molecule has 18 heavy (non-hydrogen) atoms. The summed E-state index contributed by atoms with van der Waals surface area (Å²) in [5, 5.41) is 0.544. The van der Waals surface area contributed by atoms with Crippen LogP contribution in [0.5, 0.6) is 0 Å². The van der Waals surface area contributed by atoms with E-state index < -0.39 is 0 Å². The van der Waals surface area contributed by atoms with Crippen LogP contribution < -0.4 is 0 Å². The molecular weight excluding hydrogens is 248 g/mol. The smallest absolute Gasteiger partial charge is 0.144 e. The highest BCUT2D eigenvalue weighted by Gasteiger charge is 2.17. The fraction of sp³-hybridized carbons (Fsp3) is 0.692. The molecule has 0 aromatic carbocycles. The van der Waals surface area contributed by atoms with E-state index >= 15 is 0 Å². The zero-order valence-electron chi connectivity index (χ0n) is 11.2. The van der Waals surface area contributed by atoms with Gasteiger partial charge in [0.1, 0.15) is 11.0 Å². The largest absolute Gasteiger partial charge is 0.301 e. The molecule has 2 rings (SSSR count). The van der Waals surface area contributed by atoms with Crippen LogP contribution in [0.4, 0.5) is 0 Å². The maximum Gasteiger partial charge on any atom is 0.144 e. The third-order valence-electron chi connectivity index (χ3n) is 3.24. The molecular formula is C13H21ClN4. The zero-order valence-corrected chi connectivity index (χ0v) is 11.9. The van der Waals surface area contributed by atoms with Gasteiger partial charge in [0.25, 0.3) is 0 Å². The van der Waals surface area contributed by atoms with E-state index in [-0.39, 0.29) is 0 Å². The van der Waals surface area contributed by atoms with E-state index in [0.717, 1.165) is 44.2 Å². The maximum atomic E-state index is 5.95. The van der Waals surface area contributed by atoms with Crippen molar-refractivity contribution in [1.82, 2.24) is 19.8 Å². The van der Waals surface area contributed by atoms with Crippen molar-refractivity contribution < 1.29 is 0 Å². The first-order chi connectivity index (χ1) is 8.67. The molecule has 4 nitrogen and oxygen atoms in total. The van der Waals surface area contributed by atoms with Crippen molar-refractivity contribution in [3.05, 3.63) is 22.7 Å². The molecule has 0 amide bonds. The molecule has 1 aliphatic heterocycles. The van der Waals surface area contributed by atoms with Crippen LogP contribution in [0.3, 0.4) is 0 Å². The highest BCUT2D eigenvalue weighted by molar-refractivity contribution is 6.29. The van der Waals surface area contributed by atoms with Crippen LogP contribution in [0, 0.1) is 6.92 Å². The quantitative estimate of drug-likeness (QED) is 0.782. The Morgan fingerprint density at radius 2 is 1.83 bits per heavy atom. The SMILES string of the molecule is CCCN1CCN(Cc2nc(C)cc(Cl)n2)CC1. The third kappa shape index (κ3) is 3.90. The molecule has 0 N–H and O–H groups in total. The van der Waals surface area contributed by atoms with Crippen molar-refractivity contribution in [2.45, 2.75) is 26.8 Å². The number of hydrogen-bond donors (Lipinski definition) is 0. The van der Waals surface area contributed by atoms with Gasteiger partial charge in [0, 0.05) is 31.9 Å². The Hall–Kier alpha value is -0.710. The highest BCUT2D eigenvalue weighted by Crippen LogP contribution is 2.10. The molecule has 1 fully saturated rings. The van der Waals surface area contributed by atoms with Gasteiger partial charge >= 0.3 is 0 Å². The second kappa shape index (κ2) is 6.45. The second-order valence-electron chi connectivity index (χ2n) is 4.87. The number of hydrogen-bond acceptors (Lipinski definition) is 4. The summed E-state index contributed by atoms with van der Waals surface area (Å²) in [6.07, 6.45) is 1.23. The first-order valence-electron chi connectivity index (χ1n) is 6.62. The molecule has 5 heteroatoms. The third-order valence-corrected chi connectivity index (χ3v) is 3.43. The zero-order chi connectivity index (χ0) is 13.0. The maximum absolute atomic E-state index is 5.95. The fourth-order valence-corrected chi connectivity index (χ4v) is 2.60. The van der Waals surface area contributed by atoms with Gasteiger partial charge in [0.2, 0.25) is 0 Å². The summed E-state index contributed by atoms with van der Waals surface area (Å²) in [6, 6.07) is 1.80. The molecule has 0 unspecified atom stereocenters. The molecule has 0 aliphatic carbocycles. The van der Waals surface area contributed by atoms with Crippen LogP contribution >= 0.6 is 11.6 Å². The number of piperazine rings is 1. The fourth-order valence-electron chi connectivity index (χ4n) is 2.35. The molecule has 0 atom stereocenters. The van der Waals surface area contributed by atoms with Gasteiger partial charge in [-0.3, -0.25) is 4.90 Å². The number of halogens is 1. The predicted molar refractivity (Wildman–Crippen MR) is 73.8 cm³/mol. The monoisotopic (exact) mass is 268 g/mol. The topological polar surface area (TPSA) is 32.3 Å². The molecule has 1 aromatic heterocycles.